The molecule has 0 saturated heterocycles. The highest BCUT2D eigenvalue weighted by molar-refractivity contribution is 5.90. The Morgan fingerprint density at radius 2 is 1.35 bits per heavy atom. The first-order valence-electron chi connectivity index (χ1n) is 7.29. The molecule has 0 spiro atoms. The van der Waals surface area contributed by atoms with Crippen LogP contribution in [0.5, 0.6) is 11.5 Å². The molecule has 0 unspecified atom stereocenters. The van der Waals surface area contributed by atoms with Gasteiger partial charge in [0.25, 0.3) is 0 Å². The maximum Gasteiger partial charge on any atom is 0.338 e. The number of esters is 1. The van der Waals surface area contributed by atoms with Gasteiger partial charge in [-0.05, 0) is 31.4 Å². The minimum Gasteiger partial charge on any atom is -0.493 e. The third-order valence-electron chi connectivity index (χ3n) is 2.50. The molecule has 0 atom stereocenters. The summed E-state index contributed by atoms with van der Waals surface area (Å²) in [5.41, 5.74) is 0.471. The largest absolute Gasteiger partial charge is 0.493 e. The second-order valence-electron chi connectivity index (χ2n) is 4.53. The highest BCUT2D eigenvalue weighted by atomic mass is 16.5. The molecule has 0 aliphatic rings. The fourth-order valence-corrected chi connectivity index (χ4v) is 1.57. The van der Waals surface area contributed by atoms with Gasteiger partial charge in [0.05, 0.1) is 25.4 Å². The monoisotopic (exact) mass is 280 g/mol. The number of hydrogen-bond acceptors (Lipinski definition) is 4. The van der Waals surface area contributed by atoms with Gasteiger partial charge in [0, 0.05) is 6.07 Å². The summed E-state index contributed by atoms with van der Waals surface area (Å²) in [6, 6.07) is 5.21. The summed E-state index contributed by atoms with van der Waals surface area (Å²) >= 11 is 0. The van der Waals surface area contributed by atoms with E-state index in [1.807, 2.05) is 26.8 Å². The van der Waals surface area contributed by atoms with Crippen molar-refractivity contribution >= 4 is 5.97 Å². The molecule has 1 aromatic rings. The lowest BCUT2D eigenvalue weighted by Gasteiger charge is -2.11. The lowest BCUT2D eigenvalue weighted by molar-refractivity contribution is 0.0504. The zero-order chi connectivity index (χ0) is 14.8. The Kier molecular flexibility index (Phi) is 7.55. The van der Waals surface area contributed by atoms with Crippen molar-refractivity contribution in [3.8, 4) is 11.5 Å². The zero-order valence-electron chi connectivity index (χ0n) is 12.6. The molecule has 0 aliphatic carbocycles. The third kappa shape index (κ3) is 5.51. The second kappa shape index (κ2) is 9.23. The highest BCUT2D eigenvalue weighted by Crippen LogP contribution is 2.24. The van der Waals surface area contributed by atoms with E-state index in [-0.39, 0.29) is 5.97 Å². The predicted octanol–water partition coefficient (Wildman–Crippen LogP) is 3.83. The first-order valence-corrected chi connectivity index (χ1v) is 7.29. The van der Waals surface area contributed by atoms with E-state index in [9.17, 15) is 4.79 Å². The molecule has 112 valence electrons. The van der Waals surface area contributed by atoms with Gasteiger partial charge in [-0.2, -0.15) is 0 Å². The fourth-order valence-electron chi connectivity index (χ4n) is 1.57. The molecule has 4 heteroatoms. The Balaban J connectivity index is 2.87. The van der Waals surface area contributed by atoms with Crippen LogP contribution in [0.3, 0.4) is 0 Å². The topological polar surface area (TPSA) is 44.8 Å². The van der Waals surface area contributed by atoms with Crippen molar-refractivity contribution in [1.29, 1.82) is 0 Å². The molecule has 0 bridgehead atoms. The van der Waals surface area contributed by atoms with E-state index >= 15 is 0 Å². The number of hydrogen-bond donors (Lipinski definition) is 0. The van der Waals surface area contributed by atoms with Gasteiger partial charge in [-0.15, -0.1) is 0 Å². The van der Waals surface area contributed by atoms with Gasteiger partial charge < -0.3 is 14.2 Å². The molecule has 20 heavy (non-hydrogen) atoms. The Hall–Kier alpha value is -1.71. The van der Waals surface area contributed by atoms with Crippen molar-refractivity contribution in [2.24, 2.45) is 0 Å². The average molecular weight is 280 g/mol. The molecule has 0 N–H and O–H groups in total. The van der Waals surface area contributed by atoms with Crippen LogP contribution in [0.4, 0.5) is 0 Å². The molecule has 0 amide bonds. The Morgan fingerprint density at radius 3 is 1.80 bits per heavy atom. The zero-order valence-corrected chi connectivity index (χ0v) is 12.6. The summed E-state index contributed by atoms with van der Waals surface area (Å²) in [5.74, 6) is 0.947. The van der Waals surface area contributed by atoms with Crippen LogP contribution in [-0.4, -0.2) is 25.8 Å². The number of ether oxygens (including phenoxy) is 3. The van der Waals surface area contributed by atoms with E-state index in [0.29, 0.717) is 36.9 Å². The fraction of sp³-hybridized carbons (Fsp3) is 0.562. The molecule has 0 heterocycles. The van der Waals surface area contributed by atoms with E-state index in [0.717, 1.165) is 19.3 Å². The lowest BCUT2D eigenvalue weighted by atomic mass is 10.2. The third-order valence-corrected chi connectivity index (χ3v) is 2.50. The van der Waals surface area contributed by atoms with Crippen LogP contribution in [0.15, 0.2) is 18.2 Å². The molecule has 0 fully saturated rings. The van der Waals surface area contributed by atoms with Crippen LogP contribution in [0.2, 0.25) is 0 Å². The summed E-state index contributed by atoms with van der Waals surface area (Å²) in [5, 5.41) is 0. The van der Waals surface area contributed by atoms with Crippen molar-refractivity contribution < 1.29 is 19.0 Å². The summed E-state index contributed by atoms with van der Waals surface area (Å²) in [6.45, 7) is 7.68. The number of carbonyl (C=O) groups is 1. The molecule has 0 radical (unpaired) electrons. The van der Waals surface area contributed by atoms with Crippen LogP contribution < -0.4 is 9.47 Å². The maximum absolute atomic E-state index is 11.9. The van der Waals surface area contributed by atoms with E-state index in [1.54, 1.807) is 12.1 Å². The van der Waals surface area contributed by atoms with Crippen LogP contribution >= 0.6 is 0 Å². The Morgan fingerprint density at radius 1 is 0.850 bits per heavy atom. The number of rotatable bonds is 9. The van der Waals surface area contributed by atoms with Gasteiger partial charge >= 0.3 is 5.97 Å². The van der Waals surface area contributed by atoms with Gasteiger partial charge in [-0.3, -0.25) is 0 Å². The quantitative estimate of drug-likeness (QED) is 0.645. The molecule has 0 aliphatic heterocycles. The molecule has 0 aromatic heterocycles. The first kappa shape index (κ1) is 16.3. The predicted molar refractivity (Wildman–Crippen MR) is 78.6 cm³/mol. The van der Waals surface area contributed by atoms with Crippen LogP contribution in [-0.2, 0) is 4.74 Å². The number of carbonyl (C=O) groups excluding carboxylic acids is 1. The normalized spacial score (nSPS) is 10.2. The smallest absolute Gasteiger partial charge is 0.338 e. The van der Waals surface area contributed by atoms with Crippen molar-refractivity contribution in [2.45, 2.75) is 40.0 Å². The highest BCUT2D eigenvalue weighted by Gasteiger charge is 2.11. The second-order valence-corrected chi connectivity index (χ2v) is 4.53. The Labute approximate surface area is 121 Å². The maximum atomic E-state index is 11.9. The minimum atomic E-state index is -0.338. The van der Waals surface area contributed by atoms with Crippen molar-refractivity contribution in [3.63, 3.8) is 0 Å². The SMILES string of the molecule is CCCOC(=O)c1cc(OCCC)cc(OCCC)c1. The van der Waals surface area contributed by atoms with Crippen molar-refractivity contribution in [3.05, 3.63) is 23.8 Å². The van der Waals surface area contributed by atoms with Gasteiger partial charge in [0.1, 0.15) is 11.5 Å². The van der Waals surface area contributed by atoms with Crippen molar-refractivity contribution in [1.82, 2.24) is 0 Å². The standard InChI is InChI=1S/C16H24O4/c1-4-7-18-14-10-13(16(17)20-9-6-3)11-15(12-14)19-8-5-2/h10-12H,4-9H2,1-3H3. The molecular formula is C16H24O4. The summed E-state index contributed by atoms with van der Waals surface area (Å²) in [4.78, 5) is 11.9. The lowest BCUT2D eigenvalue weighted by Crippen LogP contribution is -2.07. The van der Waals surface area contributed by atoms with Crippen molar-refractivity contribution in [2.75, 3.05) is 19.8 Å². The molecule has 1 aromatic carbocycles. The van der Waals surface area contributed by atoms with Gasteiger partial charge in [0.15, 0.2) is 0 Å². The summed E-state index contributed by atoms with van der Waals surface area (Å²) in [6.07, 6.45) is 2.63. The molecule has 1 rings (SSSR count). The van der Waals surface area contributed by atoms with E-state index in [1.165, 1.54) is 0 Å². The van der Waals surface area contributed by atoms with Crippen LogP contribution in [0, 0.1) is 0 Å². The molecular weight excluding hydrogens is 256 g/mol. The average Bonchev–Trinajstić information content (AvgIpc) is 2.48. The molecule has 4 nitrogen and oxygen atoms in total. The summed E-state index contributed by atoms with van der Waals surface area (Å²) in [7, 11) is 0. The van der Waals surface area contributed by atoms with Gasteiger partial charge in [-0.1, -0.05) is 20.8 Å². The van der Waals surface area contributed by atoms with E-state index in [2.05, 4.69) is 0 Å². The van der Waals surface area contributed by atoms with E-state index in [4.69, 9.17) is 14.2 Å². The summed E-state index contributed by atoms with van der Waals surface area (Å²) < 4.78 is 16.3. The Bertz CT molecular complexity index is 389. The van der Waals surface area contributed by atoms with Crippen LogP contribution in [0.25, 0.3) is 0 Å². The van der Waals surface area contributed by atoms with E-state index < -0.39 is 0 Å². The van der Waals surface area contributed by atoms with Gasteiger partial charge in [0.2, 0.25) is 0 Å². The number of benzene rings is 1. The van der Waals surface area contributed by atoms with Gasteiger partial charge in [-0.25, -0.2) is 4.79 Å². The minimum absolute atomic E-state index is 0.338. The first-order chi connectivity index (χ1) is 9.71. The molecule has 0 saturated carbocycles. The van der Waals surface area contributed by atoms with Crippen LogP contribution in [0.1, 0.15) is 50.4 Å².